The Kier molecular flexibility index (Phi) is 1.59. The third kappa shape index (κ3) is 1.24. The summed E-state index contributed by atoms with van der Waals surface area (Å²) in [6, 6.07) is 4.01. The van der Waals surface area contributed by atoms with Crippen LogP contribution in [0, 0.1) is 6.92 Å². The molecule has 0 saturated carbocycles. The van der Waals surface area contributed by atoms with Gasteiger partial charge in [-0.1, -0.05) is 11.6 Å². The SMILES string of the molecule is Cc1cc2ncc(Cl)cc2s1. The van der Waals surface area contributed by atoms with Crippen molar-refractivity contribution < 1.29 is 0 Å². The van der Waals surface area contributed by atoms with E-state index in [0.29, 0.717) is 5.02 Å². The van der Waals surface area contributed by atoms with E-state index in [1.165, 1.54) is 4.88 Å². The summed E-state index contributed by atoms with van der Waals surface area (Å²) in [4.78, 5) is 5.45. The number of thiophene rings is 1. The number of fused-ring (bicyclic) bond motifs is 1. The molecule has 0 aliphatic carbocycles. The van der Waals surface area contributed by atoms with Crippen LogP contribution >= 0.6 is 22.9 Å². The number of hydrogen-bond donors (Lipinski definition) is 0. The highest BCUT2D eigenvalue weighted by Crippen LogP contribution is 2.25. The topological polar surface area (TPSA) is 12.9 Å². The standard InChI is InChI=1S/C8H6ClNS/c1-5-2-7-8(11-5)3-6(9)4-10-7/h2-4H,1H3. The lowest BCUT2D eigenvalue weighted by molar-refractivity contribution is 1.42. The first-order valence-electron chi connectivity index (χ1n) is 3.27. The van der Waals surface area contributed by atoms with Crippen molar-refractivity contribution in [2.75, 3.05) is 0 Å². The van der Waals surface area contributed by atoms with Gasteiger partial charge in [-0.05, 0) is 19.1 Å². The molecule has 0 unspecified atom stereocenters. The van der Waals surface area contributed by atoms with Crippen LogP contribution in [0.25, 0.3) is 10.2 Å². The summed E-state index contributed by atoms with van der Waals surface area (Å²) in [5, 5.41) is 0.708. The molecule has 0 spiro atoms. The highest BCUT2D eigenvalue weighted by molar-refractivity contribution is 7.18. The second kappa shape index (κ2) is 2.47. The highest BCUT2D eigenvalue weighted by Gasteiger charge is 1.98. The lowest BCUT2D eigenvalue weighted by Crippen LogP contribution is -1.69. The summed E-state index contributed by atoms with van der Waals surface area (Å²) in [6.45, 7) is 2.07. The van der Waals surface area contributed by atoms with E-state index >= 15 is 0 Å². The van der Waals surface area contributed by atoms with Crippen molar-refractivity contribution >= 4 is 33.2 Å². The van der Waals surface area contributed by atoms with Gasteiger partial charge < -0.3 is 0 Å². The van der Waals surface area contributed by atoms with Crippen molar-refractivity contribution in [2.45, 2.75) is 6.92 Å². The average molecular weight is 184 g/mol. The molecule has 56 valence electrons. The minimum atomic E-state index is 0.708. The zero-order valence-corrected chi connectivity index (χ0v) is 7.54. The third-order valence-corrected chi connectivity index (χ3v) is 2.65. The quantitative estimate of drug-likeness (QED) is 0.611. The molecule has 1 nitrogen and oxygen atoms in total. The van der Waals surface area contributed by atoms with E-state index in [4.69, 9.17) is 11.6 Å². The Morgan fingerprint density at radius 2 is 2.27 bits per heavy atom. The fraction of sp³-hybridized carbons (Fsp3) is 0.125. The molecule has 0 bridgehead atoms. The maximum atomic E-state index is 5.77. The summed E-state index contributed by atoms with van der Waals surface area (Å²) < 4.78 is 1.16. The number of halogens is 1. The van der Waals surface area contributed by atoms with Crippen LogP contribution in [0.4, 0.5) is 0 Å². The molecule has 0 radical (unpaired) electrons. The van der Waals surface area contributed by atoms with Gasteiger partial charge in [0.05, 0.1) is 15.2 Å². The molecule has 0 aliphatic rings. The molecule has 2 aromatic heterocycles. The largest absolute Gasteiger partial charge is 0.254 e. The van der Waals surface area contributed by atoms with Crippen molar-refractivity contribution in [3.63, 3.8) is 0 Å². The number of nitrogens with zero attached hydrogens (tertiary/aromatic N) is 1. The van der Waals surface area contributed by atoms with Crippen LogP contribution in [0.2, 0.25) is 5.02 Å². The Labute approximate surface area is 73.6 Å². The predicted molar refractivity (Wildman–Crippen MR) is 49.4 cm³/mol. The predicted octanol–water partition coefficient (Wildman–Crippen LogP) is 3.26. The molecule has 0 aromatic carbocycles. The van der Waals surface area contributed by atoms with Gasteiger partial charge in [0.25, 0.3) is 0 Å². The fourth-order valence-corrected chi connectivity index (χ4v) is 2.16. The van der Waals surface area contributed by atoms with E-state index in [2.05, 4.69) is 18.0 Å². The lowest BCUT2D eigenvalue weighted by Gasteiger charge is -1.87. The van der Waals surface area contributed by atoms with Gasteiger partial charge in [0.2, 0.25) is 0 Å². The molecule has 0 amide bonds. The van der Waals surface area contributed by atoms with E-state index in [1.807, 2.05) is 6.07 Å². The van der Waals surface area contributed by atoms with E-state index in [9.17, 15) is 0 Å². The number of rotatable bonds is 0. The number of aromatic nitrogens is 1. The smallest absolute Gasteiger partial charge is 0.0813 e. The minimum Gasteiger partial charge on any atom is -0.254 e. The number of aryl methyl sites for hydroxylation is 1. The van der Waals surface area contributed by atoms with E-state index in [0.717, 1.165) is 10.2 Å². The van der Waals surface area contributed by atoms with Gasteiger partial charge >= 0.3 is 0 Å². The molecule has 11 heavy (non-hydrogen) atoms. The molecule has 0 atom stereocenters. The van der Waals surface area contributed by atoms with Gasteiger partial charge in [0.15, 0.2) is 0 Å². The van der Waals surface area contributed by atoms with Crippen molar-refractivity contribution in [1.82, 2.24) is 4.98 Å². The summed E-state index contributed by atoms with van der Waals surface area (Å²) in [5.74, 6) is 0. The maximum Gasteiger partial charge on any atom is 0.0813 e. The maximum absolute atomic E-state index is 5.77. The summed E-state index contributed by atoms with van der Waals surface area (Å²) >= 11 is 7.49. The van der Waals surface area contributed by atoms with Crippen LogP contribution in [-0.4, -0.2) is 4.98 Å². The Morgan fingerprint density at radius 3 is 3.09 bits per heavy atom. The Morgan fingerprint density at radius 1 is 1.45 bits per heavy atom. The van der Waals surface area contributed by atoms with Crippen LogP contribution in [0.15, 0.2) is 18.3 Å². The average Bonchev–Trinajstić information content (AvgIpc) is 2.27. The first-order chi connectivity index (χ1) is 5.25. The number of pyridine rings is 1. The van der Waals surface area contributed by atoms with Crippen LogP contribution in [0.3, 0.4) is 0 Å². The second-order valence-corrected chi connectivity index (χ2v) is 4.12. The van der Waals surface area contributed by atoms with Gasteiger partial charge in [-0.3, -0.25) is 4.98 Å². The van der Waals surface area contributed by atoms with E-state index < -0.39 is 0 Å². The third-order valence-electron chi connectivity index (χ3n) is 1.46. The normalized spacial score (nSPS) is 10.7. The van der Waals surface area contributed by atoms with Gasteiger partial charge in [0, 0.05) is 11.1 Å². The summed E-state index contributed by atoms with van der Waals surface area (Å²) in [7, 11) is 0. The van der Waals surface area contributed by atoms with Gasteiger partial charge in [-0.25, -0.2) is 0 Å². The monoisotopic (exact) mass is 183 g/mol. The van der Waals surface area contributed by atoms with Crippen LogP contribution in [-0.2, 0) is 0 Å². The molecule has 2 aromatic rings. The lowest BCUT2D eigenvalue weighted by atomic mass is 10.4. The van der Waals surface area contributed by atoms with E-state index in [1.54, 1.807) is 17.5 Å². The first-order valence-corrected chi connectivity index (χ1v) is 4.47. The first kappa shape index (κ1) is 7.07. The van der Waals surface area contributed by atoms with Crippen LogP contribution in [0.5, 0.6) is 0 Å². The van der Waals surface area contributed by atoms with Crippen molar-refractivity contribution in [3.8, 4) is 0 Å². The van der Waals surface area contributed by atoms with Crippen molar-refractivity contribution in [2.24, 2.45) is 0 Å². The molecule has 0 N–H and O–H groups in total. The zero-order valence-electron chi connectivity index (χ0n) is 5.97. The van der Waals surface area contributed by atoms with Gasteiger partial charge in [-0.2, -0.15) is 0 Å². The van der Waals surface area contributed by atoms with Crippen molar-refractivity contribution in [3.05, 3.63) is 28.2 Å². The molecule has 0 fully saturated rings. The van der Waals surface area contributed by atoms with Gasteiger partial charge in [-0.15, -0.1) is 11.3 Å². The minimum absolute atomic E-state index is 0.708. The van der Waals surface area contributed by atoms with Crippen molar-refractivity contribution in [1.29, 1.82) is 0 Å². The molecular weight excluding hydrogens is 178 g/mol. The Bertz CT molecular complexity index is 394. The van der Waals surface area contributed by atoms with E-state index in [-0.39, 0.29) is 0 Å². The highest BCUT2D eigenvalue weighted by atomic mass is 35.5. The summed E-state index contributed by atoms with van der Waals surface area (Å²) in [5.41, 5.74) is 1.04. The molecule has 0 saturated heterocycles. The van der Waals surface area contributed by atoms with Gasteiger partial charge in [0.1, 0.15) is 0 Å². The second-order valence-electron chi connectivity index (χ2n) is 2.39. The number of hydrogen-bond acceptors (Lipinski definition) is 2. The molecule has 2 rings (SSSR count). The summed E-state index contributed by atoms with van der Waals surface area (Å²) in [6.07, 6.45) is 1.68. The molecular formula is C8H6ClNS. The zero-order chi connectivity index (χ0) is 7.84. The fourth-order valence-electron chi connectivity index (χ4n) is 1.02. The Balaban J connectivity index is 2.82. The Hall–Kier alpha value is -0.600. The van der Waals surface area contributed by atoms with Crippen LogP contribution in [0.1, 0.15) is 4.88 Å². The molecule has 0 aliphatic heterocycles. The molecule has 3 heteroatoms. The van der Waals surface area contributed by atoms with Crippen LogP contribution < -0.4 is 0 Å². The molecule has 2 heterocycles.